The highest BCUT2D eigenvalue weighted by atomic mass is 79.9. The summed E-state index contributed by atoms with van der Waals surface area (Å²) in [4.78, 5) is 29.8. The Morgan fingerprint density at radius 1 is 0.978 bits per heavy atom. The van der Waals surface area contributed by atoms with Crippen LogP contribution in [0.1, 0.15) is 27.0 Å². The van der Waals surface area contributed by atoms with Crippen LogP contribution in [0.2, 0.25) is 5.02 Å². The molecule has 0 saturated heterocycles. The van der Waals surface area contributed by atoms with E-state index in [0.29, 0.717) is 30.8 Å². The molecule has 2 amide bonds. The molecule has 1 aromatic heterocycles. The van der Waals surface area contributed by atoms with Crippen LogP contribution in [0.15, 0.2) is 98.3 Å². The average Bonchev–Trinajstić information content (AvgIpc) is 3.48. The van der Waals surface area contributed by atoms with Gasteiger partial charge in [0.1, 0.15) is 5.75 Å². The number of anilines is 3. The Morgan fingerprint density at radius 3 is 2.38 bits per heavy atom. The van der Waals surface area contributed by atoms with Crippen LogP contribution in [0.5, 0.6) is 5.75 Å². The smallest absolute Gasteiger partial charge is 0.271 e. The summed E-state index contributed by atoms with van der Waals surface area (Å²) < 4.78 is 7.00. The Balaban J connectivity index is 1.13. The van der Waals surface area contributed by atoms with Gasteiger partial charge in [-0.2, -0.15) is 5.10 Å². The lowest BCUT2D eigenvalue weighted by atomic mass is 10.1. The quantitative estimate of drug-likeness (QED) is 0.0972. The van der Waals surface area contributed by atoms with Gasteiger partial charge in [-0.25, -0.2) is 10.4 Å². The first-order valence-electron chi connectivity index (χ1n) is 13.6. The van der Waals surface area contributed by atoms with Crippen molar-refractivity contribution >= 4 is 89.3 Å². The third kappa shape index (κ3) is 8.79. The third-order valence-electron chi connectivity index (χ3n) is 6.45. The fraction of sp³-hybridized carbons (Fsp3) is 0.0909. The van der Waals surface area contributed by atoms with Crippen LogP contribution >= 0.6 is 54.8 Å². The molecule has 0 bridgehead atoms. The number of carbonyl (C=O) groups is 2. The molecule has 0 atom stereocenters. The van der Waals surface area contributed by atoms with Gasteiger partial charge in [0.2, 0.25) is 0 Å². The summed E-state index contributed by atoms with van der Waals surface area (Å²) in [6.07, 6.45) is 1.52. The highest BCUT2D eigenvalue weighted by Gasteiger charge is 2.13. The van der Waals surface area contributed by atoms with Gasteiger partial charge in [-0.3, -0.25) is 9.59 Å². The predicted molar refractivity (Wildman–Crippen MR) is 189 cm³/mol. The molecular weight excluding hydrogens is 742 g/mol. The molecule has 0 spiro atoms. The van der Waals surface area contributed by atoms with Crippen LogP contribution in [0.4, 0.5) is 16.5 Å². The van der Waals surface area contributed by atoms with Crippen molar-refractivity contribution in [2.45, 2.75) is 13.8 Å². The number of benzene rings is 4. The van der Waals surface area contributed by atoms with Gasteiger partial charge in [0.25, 0.3) is 11.8 Å². The van der Waals surface area contributed by atoms with Gasteiger partial charge < -0.3 is 15.4 Å². The van der Waals surface area contributed by atoms with Crippen LogP contribution in [-0.4, -0.2) is 29.6 Å². The zero-order chi connectivity index (χ0) is 31.9. The Morgan fingerprint density at radius 2 is 1.69 bits per heavy atom. The van der Waals surface area contributed by atoms with Crippen molar-refractivity contribution in [2.24, 2.45) is 5.10 Å². The lowest BCUT2D eigenvalue weighted by Crippen LogP contribution is -2.21. The molecule has 0 saturated carbocycles. The minimum absolute atomic E-state index is 0.170. The Kier molecular flexibility index (Phi) is 10.7. The van der Waals surface area contributed by atoms with Crippen LogP contribution in [-0.2, 0) is 4.79 Å². The SMILES string of the molecule is Cc1ccc(NC(=O)COc2c(Br)cc(/C=N\NC(=O)c3ccc(-c4csc(Nc5ccc(Cl)cc5)n4)cc3)cc2Br)c(C)c1. The van der Waals surface area contributed by atoms with Crippen molar-refractivity contribution < 1.29 is 14.3 Å². The molecule has 0 aliphatic carbocycles. The van der Waals surface area contributed by atoms with E-state index in [1.807, 2.05) is 73.8 Å². The highest BCUT2D eigenvalue weighted by molar-refractivity contribution is 9.11. The summed E-state index contributed by atoms with van der Waals surface area (Å²) in [5, 5.41) is 13.6. The number of aryl methyl sites for hydroxylation is 2. The van der Waals surface area contributed by atoms with E-state index >= 15 is 0 Å². The summed E-state index contributed by atoms with van der Waals surface area (Å²) >= 11 is 14.4. The number of ether oxygens (including phenoxy) is 1. The van der Waals surface area contributed by atoms with Gasteiger partial charge in [-0.1, -0.05) is 41.4 Å². The molecule has 5 rings (SSSR count). The molecule has 0 unspecified atom stereocenters. The van der Waals surface area contributed by atoms with Crippen molar-refractivity contribution in [1.82, 2.24) is 10.4 Å². The minimum atomic E-state index is -0.353. The molecule has 12 heteroatoms. The molecule has 4 aromatic carbocycles. The van der Waals surface area contributed by atoms with Crippen LogP contribution in [0.25, 0.3) is 11.3 Å². The van der Waals surface area contributed by atoms with Gasteiger partial charge in [0.15, 0.2) is 11.7 Å². The second-order valence-corrected chi connectivity index (χ2v) is 12.9. The van der Waals surface area contributed by atoms with Crippen molar-refractivity contribution in [2.75, 3.05) is 17.2 Å². The normalized spacial score (nSPS) is 11.0. The molecule has 0 radical (unpaired) electrons. The molecule has 1 heterocycles. The fourth-order valence-electron chi connectivity index (χ4n) is 4.21. The number of thiazole rings is 1. The van der Waals surface area contributed by atoms with Gasteiger partial charge in [-0.15, -0.1) is 11.3 Å². The average molecular weight is 768 g/mol. The molecule has 0 fully saturated rings. The van der Waals surface area contributed by atoms with Crippen molar-refractivity contribution in [3.05, 3.63) is 120 Å². The molecule has 45 heavy (non-hydrogen) atoms. The Bertz CT molecular complexity index is 1860. The maximum Gasteiger partial charge on any atom is 0.271 e. The van der Waals surface area contributed by atoms with Crippen molar-refractivity contribution in [1.29, 1.82) is 0 Å². The van der Waals surface area contributed by atoms with E-state index in [2.05, 4.69) is 58.0 Å². The van der Waals surface area contributed by atoms with E-state index in [1.165, 1.54) is 17.6 Å². The highest BCUT2D eigenvalue weighted by Crippen LogP contribution is 2.34. The summed E-state index contributed by atoms with van der Waals surface area (Å²) in [6.45, 7) is 3.77. The first kappa shape index (κ1) is 32.4. The zero-order valence-electron chi connectivity index (χ0n) is 24.0. The first-order chi connectivity index (χ1) is 21.6. The first-order valence-corrected chi connectivity index (χ1v) is 16.4. The topological polar surface area (TPSA) is 105 Å². The third-order valence-corrected chi connectivity index (χ3v) is 8.63. The summed E-state index contributed by atoms with van der Waals surface area (Å²) in [6, 6.07) is 23.9. The number of amides is 2. The number of hydrogen-bond donors (Lipinski definition) is 3. The maximum atomic E-state index is 12.7. The van der Waals surface area contributed by atoms with Gasteiger partial charge >= 0.3 is 0 Å². The second kappa shape index (κ2) is 14.8. The number of hydrogen-bond acceptors (Lipinski definition) is 7. The van der Waals surface area contributed by atoms with E-state index in [-0.39, 0.29) is 18.4 Å². The van der Waals surface area contributed by atoms with E-state index in [9.17, 15) is 9.59 Å². The molecule has 0 aliphatic rings. The lowest BCUT2D eigenvalue weighted by molar-refractivity contribution is -0.118. The number of nitrogens with zero attached hydrogens (tertiary/aromatic N) is 2. The second-order valence-electron chi connectivity index (χ2n) is 9.92. The Labute approximate surface area is 286 Å². The summed E-state index contributed by atoms with van der Waals surface area (Å²) in [7, 11) is 0. The van der Waals surface area contributed by atoms with Gasteiger partial charge in [-0.05, 0) is 111 Å². The lowest BCUT2D eigenvalue weighted by Gasteiger charge is -2.12. The standard InChI is InChI=1S/C33H26Br2ClN5O3S/c1-19-3-12-28(20(2)13-19)39-30(42)17-44-31-26(34)14-21(15-27(31)35)16-37-41-32(43)23-6-4-22(5-7-23)29-18-45-33(40-29)38-25-10-8-24(36)9-11-25/h3-16,18H,17H2,1-2H3,(H,38,40)(H,39,42)(H,41,43)/b37-16-. The largest absolute Gasteiger partial charge is 0.481 e. The summed E-state index contributed by atoms with van der Waals surface area (Å²) in [5.74, 6) is -0.154. The van der Waals surface area contributed by atoms with Gasteiger partial charge in [0, 0.05) is 32.9 Å². The van der Waals surface area contributed by atoms with Crippen LogP contribution in [0.3, 0.4) is 0 Å². The number of rotatable bonds is 10. The molecule has 3 N–H and O–H groups in total. The number of halogens is 3. The van der Waals surface area contributed by atoms with Crippen molar-refractivity contribution in [3.8, 4) is 17.0 Å². The zero-order valence-corrected chi connectivity index (χ0v) is 28.8. The number of carbonyl (C=O) groups excluding carboxylic acids is 2. The van der Waals surface area contributed by atoms with E-state index < -0.39 is 0 Å². The minimum Gasteiger partial charge on any atom is -0.481 e. The molecule has 0 aliphatic heterocycles. The fourth-order valence-corrected chi connectivity index (χ4v) is 6.53. The van der Waals surface area contributed by atoms with E-state index in [0.717, 1.165) is 38.9 Å². The van der Waals surface area contributed by atoms with Crippen LogP contribution < -0.4 is 20.8 Å². The number of aromatic nitrogens is 1. The molecular formula is C33H26Br2ClN5O3S. The van der Waals surface area contributed by atoms with Crippen LogP contribution in [0, 0.1) is 13.8 Å². The number of nitrogens with one attached hydrogen (secondary N) is 3. The Hall–Kier alpha value is -4.03. The molecule has 5 aromatic rings. The van der Waals surface area contributed by atoms with Crippen molar-refractivity contribution in [3.63, 3.8) is 0 Å². The number of hydrazone groups is 1. The maximum absolute atomic E-state index is 12.7. The molecule has 228 valence electrons. The summed E-state index contributed by atoms with van der Waals surface area (Å²) in [5.41, 5.74) is 9.12. The predicted octanol–water partition coefficient (Wildman–Crippen LogP) is 9.13. The monoisotopic (exact) mass is 765 g/mol. The van der Waals surface area contributed by atoms with E-state index in [4.69, 9.17) is 16.3 Å². The van der Waals surface area contributed by atoms with Gasteiger partial charge in [0.05, 0.1) is 20.9 Å². The van der Waals surface area contributed by atoms with E-state index in [1.54, 1.807) is 24.3 Å². The molecule has 8 nitrogen and oxygen atoms in total.